The summed E-state index contributed by atoms with van der Waals surface area (Å²) < 4.78 is 38.0. The highest BCUT2D eigenvalue weighted by Crippen LogP contribution is 2.30. The summed E-state index contributed by atoms with van der Waals surface area (Å²) in [4.78, 5) is 21.5. The number of halogens is 3. The molecule has 5 nitrogen and oxygen atoms in total. The lowest BCUT2D eigenvalue weighted by molar-refractivity contribution is -0.147. The van der Waals surface area contributed by atoms with Crippen LogP contribution in [0.4, 0.5) is 18.9 Å². The van der Waals surface area contributed by atoms with E-state index in [1.807, 2.05) is 0 Å². The highest BCUT2D eigenvalue weighted by Gasteiger charge is 2.30. The minimum Gasteiger partial charge on any atom is -0.474 e. The highest BCUT2D eigenvalue weighted by molar-refractivity contribution is 6.36. The molecule has 26 heavy (non-hydrogen) atoms. The van der Waals surface area contributed by atoms with E-state index in [2.05, 4.69) is 17.2 Å². The molecule has 1 amide bonds. The van der Waals surface area contributed by atoms with E-state index < -0.39 is 23.6 Å². The molecular formula is C18H9F3N2O3. The van der Waals surface area contributed by atoms with Gasteiger partial charge in [-0.05, 0) is 42.5 Å². The van der Waals surface area contributed by atoms with Gasteiger partial charge in [0.05, 0.1) is 11.1 Å². The number of nitrogens with zero attached hydrogens (tertiary/aromatic N) is 1. The summed E-state index contributed by atoms with van der Waals surface area (Å²) in [5.41, 5.74) is -0.281. The van der Waals surface area contributed by atoms with Gasteiger partial charge < -0.3 is 10.4 Å². The van der Waals surface area contributed by atoms with Crippen LogP contribution in [0.3, 0.4) is 0 Å². The number of hydrogen-bond acceptors (Lipinski definition) is 3. The average molecular weight is 358 g/mol. The number of carbonyl (C=O) groups excluding carboxylic acids is 1. The molecule has 0 aromatic heterocycles. The van der Waals surface area contributed by atoms with Crippen molar-refractivity contribution in [2.24, 2.45) is 0 Å². The van der Waals surface area contributed by atoms with Gasteiger partial charge in [0.1, 0.15) is 6.07 Å². The lowest BCUT2D eigenvalue weighted by Crippen LogP contribution is -2.21. The van der Waals surface area contributed by atoms with Crippen molar-refractivity contribution in [3.05, 3.63) is 64.7 Å². The third-order valence-electron chi connectivity index (χ3n) is 3.15. The van der Waals surface area contributed by atoms with E-state index in [-0.39, 0.29) is 16.8 Å². The normalized spacial score (nSPS) is 10.2. The molecule has 0 aliphatic heterocycles. The molecule has 130 valence electrons. The first-order chi connectivity index (χ1) is 12.2. The van der Waals surface area contributed by atoms with E-state index in [1.54, 1.807) is 6.07 Å². The molecule has 2 aromatic rings. The first-order valence-electron chi connectivity index (χ1n) is 6.98. The van der Waals surface area contributed by atoms with Crippen molar-refractivity contribution in [3.63, 3.8) is 0 Å². The third-order valence-corrected chi connectivity index (χ3v) is 3.15. The number of nitriles is 1. The third kappa shape index (κ3) is 4.62. The number of nitrogens with one attached hydrogen (secondary N) is 1. The maximum atomic E-state index is 12.7. The number of rotatable bonds is 1. The largest absolute Gasteiger partial charge is 0.474 e. The molecule has 2 N–H and O–H groups in total. The molecule has 8 heteroatoms. The standard InChI is InChI=1S/C18H9F3N2O3/c19-18(20,21)14-6-5-12(13(9-14)10-22)4-1-11-2-7-15(8-3-11)23-16(24)17(25)26/h2-3,5-9H,(H,23,24)(H,25,26). The van der Waals surface area contributed by atoms with Crippen LogP contribution < -0.4 is 5.32 Å². The maximum absolute atomic E-state index is 12.7. The van der Waals surface area contributed by atoms with Gasteiger partial charge in [-0.15, -0.1) is 0 Å². The number of carbonyl (C=O) groups is 2. The number of carboxylic acid groups (broad SMARTS) is 1. The molecule has 0 heterocycles. The van der Waals surface area contributed by atoms with Crippen molar-refractivity contribution in [1.29, 1.82) is 5.26 Å². The molecule has 0 aliphatic rings. The fraction of sp³-hybridized carbons (Fsp3) is 0.0556. The Kier molecular flexibility index (Phi) is 5.29. The number of benzene rings is 2. The fourth-order valence-electron chi connectivity index (χ4n) is 1.88. The maximum Gasteiger partial charge on any atom is 0.416 e. The SMILES string of the molecule is N#Cc1cc(C(F)(F)F)ccc1C#Cc1ccc(NC(=O)C(=O)O)cc1. The Hall–Kier alpha value is -3.78. The van der Waals surface area contributed by atoms with Crippen molar-refractivity contribution in [3.8, 4) is 17.9 Å². The summed E-state index contributed by atoms with van der Waals surface area (Å²) in [6.45, 7) is 0. The van der Waals surface area contributed by atoms with E-state index >= 15 is 0 Å². The summed E-state index contributed by atoms with van der Waals surface area (Å²) in [5, 5.41) is 19.6. The van der Waals surface area contributed by atoms with Crippen molar-refractivity contribution >= 4 is 17.6 Å². The van der Waals surface area contributed by atoms with Crippen LogP contribution in [0.25, 0.3) is 0 Å². The van der Waals surface area contributed by atoms with E-state index in [1.165, 1.54) is 24.3 Å². The molecule has 0 spiro atoms. The van der Waals surface area contributed by atoms with Crippen LogP contribution in [-0.2, 0) is 15.8 Å². The molecule has 0 radical (unpaired) electrons. The summed E-state index contributed by atoms with van der Waals surface area (Å²) in [6, 6.07) is 10.2. The monoisotopic (exact) mass is 358 g/mol. The Morgan fingerprint density at radius 2 is 1.65 bits per heavy atom. The Morgan fingerprint density at radius 3 is 2.19 bits per heavy atom. The number of aliphatic carboxylic acids is 1. The zero-order chi connectivity index (χ0) is 19.3. The molecule has 0 fully saturated rings. The molecule has 0 saturated carbocycles. The minimum atomic E-state index is -4.55. The Morgan fingerprint density at radius 1 is 1.00 bits per heavy atom. The number of hydrogen-bond donors (Lipinski definition) is 2. The average Bonchev–Trinajstić information content (AvgIpc) is 2.60. The fourth-order valence-corrected chi connectivity index (χ4v) is 1.88. The second kappa shape index (κ2) is 7.41. The Labute approximate surface area is 145 Å². The smallest absolute Gasteiger partial charge is 0.416 e. The number of anilines is 1. The van der Waals surface area contributed by atoms with Crippen LogP contribution in [-0.4, -0.2) is 17.0 Å². The van der Waals surface area contributed by atoms with Crippen LogP contribution in [0, 0.1) is 23.2 Å². The lowest BCUT2D eigenvalue weighted by atomic mass is 10.0. The Balaban J connectivity index is 2.23. The molecule has 2 rings (SSSR count). The highest BCUT2D eigenvalue weighted by atomic mass is 19.4. The Bertz CT molecular complexity index is 962. The molecule has 0 saturated heterocycles. The van der Waals surface area contributed by atoms with Crippen LogP contribution in [0.2, 0.25) is 0 Å². The van der Waals surface area contributed by atoms with Crippen molar-refractivity contribution < 1.29 is 27.9 Å². The van der Waals surface area contributed by atoms with Crippen LogP contribution in [0.5, 0.6) is 0 Å². The van der Waals surface area contributed by atoms with Crippen molar-refractivity contribution in [1.82, 2.24) is 0 Å². The zero-order valence-corrected chi connectivity index (χ0v) is 12.9. The first-order valence-corrected chi connectivity index (χ1v) is 6.98. The van der Waals surface area contributed by atoms with Crippen LogP contribution in [0.15, 0.2) is 42.5 Å². The number of amides is 1. The quantitative estimate of drug-likeness (QED) is 0.606. The van der Waals surface area contributed by atoms with Gasteiger partial charge in [0, 0.05) is 16.8 Å². The van der Waals surface area contributed by atoms with Gasteiger partial charge in [0.15, 0.2) is 0 Å². The van der Waals surface area contributed by atoms with Gasteiger partial charge >= 0.3 is 18.1 Å². The van der Waals surface area contributed by atoms with Gasteiger partial charge in [-0.25, -0.2) is 4.79 Å². The van der Waals surface area contributed by atoms with Gasteiger partial charge in [0.2, 0.25) is 0 Å². The van der Waals surface area contributed by atoms with E-state index in [9.17, 15) is 22.8 Å². The predicted octanol–water partition coefficient (Wildman–Crippen LogP) is 3.00. The molecule has 0 unspecified atom stereocenters. The zero-order valence-electron chi connectivity index (χ0n) is 12.9. The van der Waals surface area contributed by atoms with Gasteiger partial charge in [0.25, 0.3) is 0 Å². The van der Waals surface area contributed by atoms with Gasteiger partial charge in [-0.3, -0.25) is 4.79 Å². The molecule has 2 aromatic carbocycles. The topological polar surface area (TPSA) is 90.2 Å². The van der Waals surface area contributed by atoms with E-state index in [0.717, 1.165) is 18.2 Å². The van der Waals surface area contributed by atoms with Gasteiger partial charge in [-0.2, -0.15) is 18.4 Å². The second-order valence-electron chi connectivity index (χ2n) is 4.96. The van der Waals surface area contributed by atoms with Gasteiger partial charge in [-0.1, -0.05) is 11.8 Å². The number of carboxylic acids is 1. The summed E-state index contributed by atoms with van der Waals surface area (Å²) in [5.74, 6) is 2.49. The second-order valence-corrected chi connectivity index (χ2v) is 4.96. The summed E-state index contributed by atoms with van der Waals surface area (Å²) in [7, 11) is 0. The van der Waals surface area contributed by atoms with Crippen molar-refractivity contribution in [2.45, 2.75) is 6.18 Å². The first kappa shape index (κ1) is 18.6. The minimum absolute atomic E-state index is 0.142. The van der Waals surface area contributed by atoms with E-state index in [0.29, 0.717) is 5.56 Å². The summed E-state index contributed by atoms with van der Waals surface area (Å²) in [6.07, 6.45) is -4.55. The molecule has 0 bridgehead atoms. The van der Waals surface area contributed by atoms with Crippen LogP contribution >= 0.6 is 0 Å². The van der Waals surface area contributed by atoms with E-state index in [4.69, 9.17) is 10.4 Å². The molecular weight excluding hydrogens is 349 g/mol. The van der Waals surface area contributed by atoms with Crippen LogP contribution in [0.1, 0.15) is 22.3 Å². The lowest BCUT2D eigenvalue weighted by Gasteiger charge is -2.07. The van der Waals surface area contributed by atoms with Crippen molar-refractivity contribution in [2.75, 3.05) is 5.32 Å². The number of alkyl halides is 3. The molecule has 0 atom stereocenters. The predicted molar refractivity (Wildman–Crippen MR) is 84.8 cm³/mol. The molecule has 0 aliphatic carbocycles. The summed E-state index contributed by atoms with van der Waals surface area (Å²) >= 11 is 0.